The molecule has 182 valence electrons. The minimum Gasteiger partial charge on any atom is -0.488 e. The van der Waals surface area contributed by atoms with Gasteiger partial charge in [0.05, 0.1) is 6.10 Å². The van der Waals surface area contributed by atoms with Gasteiger partial charge in [-0.2, -0.15) is 0 Å². The highest BCUT2D eigenvalue weighted by molar-refractivity contribution is 5.59. The van der Waals surface area contributed by atoms with Crippen molar-refractivity contribution in [3.63, 3.8) is 0 Å². The second-order valence-corrected chi connectivity index (χ2v) is 9.34. The molecule has 0 aliphatic carbocycles. The molecule has 0 bridgehead atoms. The minimum atomic E-state index is -0.359. The van der Waals surface area contributed by atoms with Crippen molar-refractivity contribution in [2.24, 2.45) is 0 Å². The molecule has 0 aliphatic rings. The first-order chi connectivity index (χ1) is 16.8. The lowest BCUT2D eigenvalue weighted by molar-refractivity contribution is 0.0698. The zero-order chi connectivity index (χ0) is 24.8. The third-order valence-corrected chi connectivity index (χ3v) is 5.83. The maximum atomic E-state index is 9.82. The number of aromatic nitrogens is 2. The Morgan fingerprint density at radius 2 is 1.29 bits per heavy atom. The van der Waals surface area contributed by atoms with Crippen LogP contribution < -0.4 is 9.47 Å². The first-order valence-electron chi connectivity index (χ1n) is 12.0. The van der Waals surface area contributed by atoms with E-state index in [0.717, 1.165) is 36.1 Å². The fourth-order valence-corrected chi connectivity index (χ4v) is 3.62. The van der Waals surface area contributed by atoms with E-state index in [1.165, 1.54) is 5.56 Å². The van der Waals surface area contributed by atoms with Crippen LogP contribution in [0, 0.1) is 6.92 Å². The topological polar surface area (TPSA) is 77.6 Å². The summed E-state index contributed by atoms with van der Waals surface area (Å²) >= 11 is 0. The van der Waals surface area contributed by atoms with Crippen LogP contribution in [-0.2, 0) is 0 Å². The first-order valence-corrected chi connectivity index (χ1v) is 12.0. The van der Waals surface area contributed by atoms with Crippen LogP contribution in [0.2, 0.25) is 0 Å². The lowest BCUT2D eigenvalue weighted by Crippen LogP contribution is -2.29. The van der Waals surface area contributed by atoms with E-state index in [1.54, 1.807) is 0 Å². The average Bonchev–Trinajstić information content (AvgIpc) is 3.35. The Labute approximate surface area is 206 Å². The summed E-state index contributed by atoms with van der Waals surface area (Å²) in [5.74, 6) is 3.14. The van der Waals surface area contributed by atoms with Gasteiger partial charge in [0.25, 0.3) is 0 Å². The standard InChI is InChI=1S/C29H32N2O4/c1-5-23(32)18-19-29(3,4)35-26-16-14-25(15-17-26)33-24-12-10-22(11-13-24)28-31-30-27(34-28)21-8-6-20(2)7-9-21/h6-17,23,32H,5,18-19H2,1-4H3. The second-order valence-electron chi connectivity index (χ2n) is 9.34. The molecule has 1 unspecified atom stereocenters. The molecule has 0 fully saturated rings. The van der Waals surface area contributed by atoms with Crippen LogP contribution in [0.5, 0.6) is 17.2 Å². The molecule has 1 atom stereocenters. The van der Waals surface area contributed by atoms with Crippen molar-refractivity contribution < 1.29 is 19.0 Å². The largest absolute Gasteiger partial charge is 0.488 e. The summed E-state index contributed by atoms with van der Waals surface area (Å²) in [6.45, 7) is 8.10. The average molecular weight is 473 g/mol. The normalized spacial score (nSPS) is 12.4. The van der Waals surface area contributed by atoms with Crippen molar-refractivity contribution in [3.05, 3.63) is 78.4 Å². The maximum Gasteiger partial charge on any atom is 0.248 e. The number of aliphatic hydroxyl groups excluding tert-OH is 1. The van der Waals surface area contributed by atoms with E-state index < -0.39 is 0 Å². The Morgan fingerprint density at radius 1 is 0.800 bits per heavy atom. The Kier molecular flexibility index (Phi) is 7.51. The Hall–Kier alpha value is -3.64. The highest BCUT2D eigenvalue weighted by atomic mass is 16.5. The molecule has 6 nitrogen and oxygen atoms in total. The van der Waals surface area contributed by atoms with Gasteiger partial charge in [-0.3, -0.25) is 0 Å². The number of aryl methyl sites for hydroxylation is 1. The van der Waals surface area contributed by atoms with E-state index in [-0.39, 0.29) is 11.7 Å². The zero-order valence-corrected chi connectivity index (χ0v) is 20.7. The van der Waals surface area contributed by atoms with E-state index in [2.05, 4.69) is 10.2 Å². The van der Waals surface area contributed by atoms with Crippen LogP contribution in [0.15, 0.2) is 77.2 Å². The van der Waals surface area contributed by atoms with Crippen LogP contribution in [0.4, 0.5) is 0 Å². The van der Waals surface area contributed by atoms with Gasteiger partial charge in [-0.05, 0) is 101 Å². The molecule has 6 heteroatoms. The molecule has 0 radical (unpaired) electrons. The van der Waals surface area contributed by atoms with E-state index in [1.807, 2.05) is 100 Å². The smallest absolute Gasteiger partial charge is 0.248 e. The fraction of sp³-hybridized carbons (Fsp3) is 0.310. The molecule has 1 N–H and O–H groups in total. The Morgan fingerprint density at radius 3 is 1.83 bits per heavy atom. The summed E-state index contributed by atoms with van der Waals surface area (Å²) in [6.07, 6.45) is 1.97. The predicted octanol–water partition coefficient (Wildman–Crippen LogP) is 7.21. The number of ether oxygens (including phenoxy) is 2. The fourth-order valence-electron chi connectivity index (χ4n) is 3.62. The number of rotatable bonds is 10. The van der Waals surface area contributed by atoms with Crippen LogP contribution in [0.3, 0.4) is 0 Å². The van der Waals surface area contributed by atoms with Crippen LogP contribution in [-0.4, -0.2) is 27.0 Å². The lowest BCUT2D eigenvalue weighted by atomic mass is 9.99. The first kappa shape index (κ1) is 24.5. The molecule has 1 heterocycles. The van der Waals surface area contributed by atoms with Gasteiger partial charge < -0.3 is 19.0 Å². The highest BCUT2D eigenvalue weighted by Gasteiger charge is 2.21. The van der Waals surface area contributed by atoms with E-state index >= 15 is 0 Å². The van der Waals surface area contributed by atoms with Gasteiger partial charge in [0.15, 0.2) is 0 Å². The van der Waals surface area contributed by atoms with Gasteiger partial charge in [0.2, 0.25) is 11.8 Å². The van der Waals surface area contributed by atoms with Crippen LogP contribution >= 0.6 is 0 Å². The molecule has 0 aliphatic heterocycles. The lowest BCUT2D eigenvalue weighted by Gasteiger charge is -2.27. The van der Waals surface area contributed by atoms with Crippen LogP contribution in [0.25, 0.3) is 22.9 Å². The van der Waals surface area contributed by atoms with E-state index in [9.17, 15) is 5.11 Å². The number of hydrogen-bond donors (Lipinski definition) is 1. The SMILES string of the molecule is CCC(O)CCC(C)(C)Oc1ccc(Oc2ccc(-c3nnc(-c4ccc(C)cc4)o3)cc2)cc1. The summed E-state index contributed by atoms with van der Waals surface area (Å²) in [7, 11) is 0. The van der Waals surface area contributed by atoms with Crippen molar-refractivity contribution in [1.29, 1.82) is 0 Å². The predicted molar refractivity (Wildman–Crippen MR) is 137 cm³/mol. The maximum absolute atomic E-state index is 9.82. The number of hydrogen-bond acceptors (Lipinski definition) is 6. The Balaban J connectivity index is 1.35. The number of aliphatic hydroxyl groups is 1. The number of nitrogens with zero attached hydrogens (tertiary/aromatic N) is 2. The molecular weight excluding hydrogens is 440 g/mol. The Bertz CT molecular complexity index is 1210. The summed E-state index contributed by atoms with van der Waals surface area (Å²) < 4.78 is 17.9. The van der Waals surface area contributed by atoms with Crippen molar-refractivity contribution in [3.8, 4) is 40.2 Å². The van der Waals surface area contributed by atoms with Gasteiger partial charge in [-0.1, -0.05) is 24.6 Å². The molecule has 0 saturated carbocycles. The van der Waals surface area contributed by atoms with Crippen molar-refractivity contribution in [2.45, 2.75) is 58.7 Å². The van der Waals surface area contributed by atoms with E-state index in [4.69, 9.17) is 13.9 Å². The molecule has 3 aromatic carbocycles. The zero-order valence-electron chi connectivity index (χ0n) is 20.7. The van der Waals surface area contributed by atoms with Gasteiger partial charge >= 0.3 is 0 Å². The van der Waals surface area contributed by atoms with E-state index in [0.29, 0.717) is 23.3 Å². The minimum absolute atomic E-state index is 0.282. The molecule has 0 spiro atoms. The molecule has 1 aromatic heterocycles. The summed E-state index contributed by atoms with van der Waals surface area (Å²) in [5, 5.41) is 18.2. The number of benzene rings is 3. The van der Waals surface area contributed by atoms with Crippen molar-refractivity contribution in [2.75, 3.05) is 0 Å². The third-order valence-electron chi connectivity index (χ3n) is 5.83. The second kappa shape index (κ2) is 10.7. The van der Waals surface area contributed by atoms with Gasteiger partial charge in [0.1, 0.15) is 22.8 Å². The van der Waals surface area contributed by atoms with Gasteiger partial charge in [-0.25, -0.2) is 0 Å². The van der Waals surface area contributed by atoms with Crippen molar-refractivity contribution in [1.82, 2.24) is 10.2 Å². The third kappa shape index (κ3) is 6.70. The summed E-state index contributed by atoms with van der Waals surface area (Å²) in [5.41, 5.74) is 2.53. The quantitative estimate of drug-likeness (QED) is 0.263. The van der Waals surface area contributed by atoms with Gasteiger partial charge in [0, 0.05) is 11.1 Å². The summed E-state index contributed by atoms with van der Waals surface area (Å²) in [6, 6.07) is 23.1. The molecular formula is C29H32N2O4. The van der Waals surface area contributed by atoms with Crippen molar-refractivity contribution >= 4 is 0 Å². The summed E-state index contributed by atoms with van der Waals surface area (Å²) in [4.78, 5) is 0. The molecule has 4 rings (SSSR count). The molecule has 0 saturated heterocycles. The van der Waals surface area contributed by atoms with Gasteiger partial charge in [-0.15, -0.1) is 10.2 Å². The van der Waals surface area contributed by atoms with Crippen LogP contribution in [0.1, 0.15) is 45.6 Å². The molecule has 35 heavy (non-hydrogen) atoms. The molecule has 4 aromatic rings. The molecule has 0 amide bonds. The highest BCUT2D eigenvalue weighted by Crippen LogP contribution is 2.30. The monoisotopic (exact) mass is 472 g/mol.